The topological polar surface area (TPSA) is 75.9 Å². The summed E-state index contributed by atoms with van der Waals surface area (Å²) in [6.07, 6.45) is 1.32. The number of benzene rings is 1. The fourth-order valence-electron chi connectivity index (χ4n) is 4.17. The van der Waals surface area contributed by atoms with Gasteiger partial charge in [0.15, 0.2) is 0 Å². The van der Waals surface area contributed by atoms with Crippen LogP contribution >= 0.6 is 12.4 Å². The summed E-state index contributed by atoms with van der Waals surface area (Å²) in [5.74, 6) is 0.00482. The highest BCUT2D eigenvalue weighted by atomic mass is 35.5. The van der Waals surface area contributed by atoms with Crippen molar-refractivity contribution in [2.45, 2.75) is 45.3 Å². The summed E-state index contributed by atoms with van der Waals surface area (Å²) in [6, 6.07) is 9.29. The molecule has 2 unspecified atom stereocenters. The molecule has 0 bridgehead atoms. The highest BCUT2D eigenvalue weighted by Crippen LogP contribution is 2.50. The number of hydrogen-bond donors (Lipinski definition) is 1. The van der Waals surface area contributed by atoms with Crippen LogP contribution in [0.4, 0.5) is 0 Å². The second-order valence-electron chi connectivity index (χ2n) is 8.15. The van der Waals surface area contributed by atoms with Crippen molar-refractivity contribution >= 4 is 24.2 Å². The van der Waals surface area contributed by atoms with Crippen molar-refractivity contribution in [1.29, 1.82) is 0 Å². The minimum absolute atomic E-state index is 0. The molecular weight excluding hydrogens is 378 g/mol. The van der Waals surface area contributed by atoms with Crippen LogP contribution in [0.25, 0.3) is 0 Å². The van der Waals surface area contributed by atoms with Gasteiger partial charge in [0.1, 0.15) is 5.54 Å². The van der Waals surface area contributed by atoms with Crippen molar-refractivity contribution in [3.63, 3.8) is 0 Å². The number of ether oxygens (including phenoxy) is 1. The molecular formula is C21H32ClN3O3. The summed E-state index contributed by atoms with van der Waals surface area (Å²) in [5.41, 5.74) is 5.95. The van der Waals surface area contributed by atoms with Gasteiger partial charge >= 0.3 is 0 Å². The van der Waals surface area contributed by atoms with Crippen molar-refractivity contribution in [2.75, 3.05) is 32.8 Å². The molecule has 1 saturated heterocycles. The van der Waals surface area contributed by atoms with Gasteiger partial charge in [-0.3, -0.25) is 9.59 Å². The summed E-state index contributed by atoms with van der Waals surface area (Å²) in [5, 5.41) is 0. The van der Waals surface area contributed by atoms with Gasteiger partial charge in [0.25, 0.3) is 5.91 Å². The van der Waals surface area contributed by atoms with Crippen molar-refractivity contribution in [1.82, 2.24) is 9.80 Å². The third kappa shape index (κ3) is 3.91. The van der Waals surface area contributed by atoms with Crippen molar-refractivity contribution in [3.05, 3.63) is 35.9 Å². The molecule has 1 saturated carbocycles. The Morgan fingerprint density at radius 2 is 1.71 bits per heavy atom. The zero-order valence-corrected chi connectivity index (χ0v) is 17.8. The number of rotatable bonds is 4. The van der Waals surface area contributed by atoms with Crippen molar-refractivity contribution in [2.24, 2.45) is 11.1 Å². The third-order valence-electron chi connectivity index (χ3n) is 6.30. The summed E-state index contributed by atoms with van der Waals surface area (Å²) in [4.78, 5) is 29.6. The van der Waals surface area contributed by atoms with E-state index in [1.165, 1.54) is 0 Å². The quantitative estimate of drug-likeness (QED) is 0.827. The fourth-order valence-corrected chi connectivity index (χ4v) is 4.17. The fraction of sp³-hybridized carbons (Fsp3) is 0.619. The van der Waals surface area contributed by atoms with E-state index in [0.717, 1.165) is 6.42 Å². The standard InChI is InChI=1S/C21H31N3O3.ClH/c1-4-27-17-15-21(22,20(17,2)3)19(26)24-12-8-11-23(13-14-24)18(25)16-9-6-5-7-10-16;/h5-7,9-10,17H,4,8,11-15,22H2,1-3H3;1H. The summed E-state index contributed by atoms with van der Waals surface area (Å²) >= 11 is 0. The van der Waals surface area contributed by atoms with E-state index in [-0.39, 0.29) is 30.3 Å². The van der Waals surface area contributed by atoms with Gasteiger partial charge in [-0.25, -0.2) is 0 Å². The van der Waals surface area contributed by atoms with Crippen LogP contribution in [0.3, 0.4) is 0 Å². The van der Waals surface area contributed by atoms with Crippen LogP contribution in [0.2, 0.25) is 0 Å². The number of hydrogen-bond acceptors (Lipinski definition) is 4. The zero-order valence-electron chi connectivity index (χ0n) is 17.0. The molecule has 28 heavy (non-hydrogen) atoms. The predicted molar refractivity (Wildman–Crippen MR) is 112 cm³/mol. The maximum Gasteiger partial charge on any atom is 0.253 e. The molecule has 2 fully saturated rings. The van der Waals surface area contributed by atoms with Crippen LogP contribution in [-0.4, -0.2) is 66.0 Å². The number of carbonyl (C=O) groups is 2. The van der Waals surface area contributed by atoms with Gasteiger partial charge < -0.3 is 20.3 Å². The van der Waals surface area contributed by atoms with Gasteiger partial charge in [-0.05, 0) is 25.5 Å². The number of amides is 2. The minimum atomic E-state index is -0.897. The van der Waals surface area contributed by atoms with Crippen LogP contribution in [-0.2, 0) is 9.53 Å². The lowest BCUT2D eigenvalue weighted by Crippen LogP contribution is -2.76. The Balaban J connectivity index is 0.00000280. The molecule has 0 aromatic heterocycles. The Bertz CT molecular complexity index is 697. The van der Waals surface area contributed by atoms with Crippen LogP contribution < -0.4 is 5.73 Å². The smallest absolute Gasteiger partial charge is 0.253 e. The molecule has 3 rings (SSSR count). The summed E-state index contributed by atoms with van der Waals surface area (Å²) in [7, 11) is 0. The van der Waals surface area contributed by atoms with E-state index >= 15 is 0 Å². The first-order valence-electron chi connectivity index (χ1n) is 9.85. The molecule has 1 aromatic carbocycles. The molecule has 2 N–H and O–H groups in total. The maximum atomic E-state index is 13.2. The SMILES string of the molecule is CCOC1CC(N)(C(=O)N2CCCN(C(=O)c3ccccc3)CC2)C1(C)C.Cl. The van der Waals surface area contributed by atoms with Gasteiger partial charge in [-0.1, -0.05) is 32.0 Å². The molecule has 156 valence electrons. The lowest BCUT2D eigenvalue weighted by atomic mass is 9.54. The Kier molecular flexibility index (Phi) is 7.12. The second-order valence-corrected chi connectivity index (χ2v) is 8.15. The summed E-state index contributed by atoms with van der Waals surface area (Å²) < 4.78 is 5.74. The van der Waals surface area contributed by atoms with E-state index in [1.54, 1.807) is 0 Å². The number of nitrogens with two attached hydrogens (primary N) is 1. The predicted octanol–water partition coefficient (Wildman–Crippen LogP) is 2.32. The molecule has 0 spiro atoms. The Hall–Kier alpha value is -1.63. The van der Waals surface area contributed by atoms with Gasteiger partial charge in [-0.15, -0.1) is 12.4 Å². The van der Waals surface area contributed by atoms with Gasteiger partial charge in [0, 0.05) is 50.2 Å². The molecule has 6 nitrogen and oxygen atoms in total. The Morgan fingerprint density at radius 1 is 1.11 bits per heavy atom. The van der Waals surface area contributed by atoms with Crippen LogP contribution in [0, 0.1) is 5.41 Å². The molecule has 1 aromatic rings. The monoisotopic (exact) mass is 409 g/mol. The van der Waals surface area contributed by atoms with Crippen molar-refractivity contribution in [3.8, 4) is 0 Å². The Morgan fingerprint density at radius 3 is 2.32 bits per heavy atom. The lowest BCUT2D eigenvalue weighted by molar-refractivity contribution is -0.179. The molecule has 1 aliphatic carbocycles. The maximum absolute atomic E-state index is 13.2. The molecule has 1 aliphatic heterocycles. The van der Waals surface area contributed by atoms with E-state index in [9.17, 15) is 9.59 Å². The largest absolute Gasteiger partial charge is 0.378 e. The highest BCUT2D eigenvalue weighted by Gasteiger charge is 2.63. The molecule has 2 amide bonds. The van der Waals surface area contributed by atoms with Crippen LogP contribution in [0.1, 0.15) is 44.0 Å². The highest BCUT2D eigenvalue weighted by molar-refractivity contribution is 5.94. The van der Waals surface area contributed by atoms with E-state index in [0.29, 0.717) is 44.8 Å². The van der Waals surface area contributed by atoms with Gasteiger partial charge in [0.2, 0.25) is 5.91 Å². The minimum Gasteiger partial charge on any atom is -0.378 e. The number of nitrogens with zero attached hydrogens (tertiary/aromatic N) is 2. The van der Waals surface area contributed by atoms with Crippen LogP contribution in [0.15, 0.2) is 30.3 Å². The number of halogens is 1. The molecule has 2 aliphatic rings. The zero-order chi connectivity index (χ0) is 19.7. The summed E-state index contributed by atoms with van der Waals surface area (Å²) in [6.45, 7) is 8.94. The average molecular weight is 410 g/mol. The normalized spacial score (nSPS) is 26.6. The van der Waals surface area contributed by atoms with E-state index in [1.807, 2.05) is 60.9 Å². The molecule has 2 atom stereocenters. The molecule has 0 radical (unpaired) electrons. The van der Waals surface area contributed by atoms with Crippen LogP contribution in [0.5, 0.6) is 0 Å². The average Bonchev–Trinajstić information content (AvgIpc) is 2.93. The lowest BCUT2D eigenvalue weighted by Gasteiger charge is -2.58. The first-order valence-corrected chi connectivity index (χ1v) is 9.85. The van der Waals surface area contributed by atoms with Crippen molar-refractivity contribution < 1.29 is 14.3 Å². The molecule has 7 heteroatoms. The van der Waals surface area contributed by atoms with Gasteiger partial charge in [0.05, 0.1) is 6.10 Å². The van der Waals surface area contributed by atoms with E-state index < -0.39 is 11.0 Å². The van der Waals surface area contributed by atoms with E-state index in [4.69, 9.17) is 10.5 Å². The Labute approximate surface area is 173 Å². The second kappa shape index (κ2) is 8.80. The van der Waals surface area contributed by atoms with Gasteiger partial charge in [-0.2, -0.15) is 0 Å². The van der Waals surface area contributed by atoms with E-state index in [2.05, 4.69) is 0 Å². The first-order chi connectivity index (χ1) is 12.8. The first kappa shape index (κ1) is 22.7. The third-order valence-corrected chi connectivity index (χ3v) is 6.30. The number of carbonyl (C=O) groups excluding carboxylic acids is 2. The molecule has 1 heterocycles.